The zero-order valence-corrected chi connectivity index (χ0v) is 15.0. The Kier molecular flexibility index (Phi) is 1.44. The predicted molar refractivity (Wildman–Crippen MR) is 130 cm³/mol. The molecule has 0 spiro atoms. The lowest BCUT2D eigenvalue weighted by atomic mass is 9.90. The summed E-state index contributed by atoms with van der Waals surface area (Å²) in [6.45, 7) is 0. The maximum absolute atomic E-state index is 9.13. The average molecular weight is 401 g/mol. The maximum Gasteiger partial charge on any atom is 0.0636 e. The highest BCUT2D eigenvalue weighted by Gasteiger charge is 2.10. The van der Waals surface area contributed by atoms with Gasteiger partial charge in [0.05, 0.1) is 27.4 Å². The van der Waals surface area contributed by atoms with Gasteiger partial charge in [0, 0.05) is 0 Å². The van der Waals surface area contributed by atoms with E-state index in [2.05, 4.69) is 0 Å². The molecule has 0 amide bonds. The zero-order valence-electron chi connectivity index (χ0n) is 35.0. The van der Waals surface area contributed by atoms with Crippen LogP contribution in [0.25, 0.3) is 54.6 Å². The van der Waals surface area contributed by atoms with Crippen molar-refractivity contribution in [2.24, 2.45) is 0 Å². The second kappa shape index (κ2) is 6.86. The molecule has 0 atom stereocenters. The van der Waals surface area contributed by atoms with Crippen LogP contribution in [0.3, 0.4) is 0 Å². The van der Waals surface area contributed by atoms with Crippen molar-refractivity contribution in [3.8, 4) is 22.3 Å². The van der Waals surface area contributed by atoms with Gasteiger partial charge in [-0.25, -0.2) is 0 Å². The van der Waals surface area contributed by atoms with E-state index in [4.69, 9.17) is 27.4 Å². The molecule has 0 aliphatic carbocycles. The van der Waals surface area contributed by atoms with Gasteiger partial charge < -0.3 is 0 Å². The summed E-state index contributed by atoms with van der Waals surface area (Å²) in [7, 11) is 0. The summed E-state index contributed by atoms with van der Waals surface area (Å²) in [5, 5.41) is -3.05. The zero-order chi connectivity index (χ0) is 37.3. The van der Waals surface area contributed by atoms with Crippen molar-refractivity contribution in [3.63, 3.8) is 0 Å². The fourth-order valence-corrected chi connectivity index (χ4v) is 3.25. The van der Waals surface area contributed by atoms with Gasteiger partial charge in [-0.2, -0.15) is 0 Å². The molecule has 6 aromatic carbocycles. The Morgan fingerprint density at radius 2 is 0.900 bits per heavy atom. The maximum atomic E-state index is 9.13. The van der Waals surface area contributed by atoms with Crippen LogP contribution in [0.1, 0.15) is 27.4 Å². The second-order valence-corrected chi connectivity index (χ2v) is 6.25. The minimum absolute atomic E-state index is 0.497. The number of hydrogen-bond acceptors (Lipinski definition) is 0. The van der Waals surface area contributed by atoms with Crippen molar-refractivity contribution in [3.05, 3.63) is 121 Å². The van der Waals surface area contributed by atoms with Crippen molar-refractivity contribution in [2.45, 2.75) is 0 Å². The van der Waals surface area contributed by atoms with Gasteiger partial charge in [-0.1, -0.05) is 115 Å². The first-order valence-corrected chi connectivity index (χ1v) is 8.75. The Labute approximate surface area is 204 Å². The van der Waals surface area contributed by atoms with Crippen LogP contribution in [0.2, 0.25) is 0 Å². The van der Waals surface area contributed by atoms with Gasteiger partial charge in [0.25, 0.3) is 0 Å². The molecule has 0 aliphatic heterocycles. The molecule has 30 heavy (non-hydrogen) atoms. The van der Waals surface area contributed by atoms with Gasteiger partial charge >= 0.3 is 0 Å². The normalized spacial score (nSPS) is 20.7. The average Bonchev–Trinajstić information content (AvgIpc) is 3.08. The predicted octanol–water partition coefficient (Wildman–Crippen LogP) is 8.48. The molecule has 0 heteroatoms. The third kappa shape index (κ3) is 2.69. The van der Waals surface area contributed by atoms with Crippen LogP contribution >= 0.6 is 0 Å². The summed E-state index contributed by atoms with van der Waals surface area (Å²) in [6, 6.07) is -16.1. The van der Waals surface area contributed by atoms with Gasteiger partial charge in [-0.15, -0.1) is 0 Å². The van der Waals surface area contributed by atoms with Crippen molar-refractivity contribution >= 4 is 32.3 Å². The van der Waals surface area contributed by atoms with E-state index in [1.165, 1.54) is 0 Å². The van der Waals surface area contributed by atoms with Crippen molar-refractivity contribution < 1.29 is 27.4 Å². The van der Waals surface area contributed by atoms with E-state index in [0.717, 1.165) is 0 Å². The van der Waals surface area contributed by atoms with E-state index in [-0.39, 0.29) is 0 Å². The third-order valence-corrected chi connectivity index (χ3v) is 4.56. The molecular weight excluding hydrogens is 360 g/mol. The fourth-order valence-electron chi connectivity index (χ4n) is 3.25. The lowest BCUT2D eigenvalue weighted by Gasteiger charge is -2.13. The van der Waals surface area contributed by atoms with E-state index in [9.17, 15) is 0 Å². The third-order valence-electron chi connectivity index (χ3n) is 4.56. The highest BCUT2D eigenvalue weighted by atomic mass is 14.1. The highest BCUT2D eigenvalue weighted by molar-refractivity contribution is 6.12. The Morgan fingerprint density at radius 3 is 1.57 bits per heavy atom. The first kappa shape index (κ1) is 6.30. The number of hydrogen-bond donors (Lipinski definition) is 0. The molecule has 0 N–H and O–H groups in total. The van der Waals surface area contributed by atoms with Crippen LogP contribution in [0, 0.1) is 0 Å². The molecule has 0 aromatic heterocycles. The molecule has 6 rings (SSSR count). The van der Waals surface area contributed by atoms with E-state index >= 15 is 0 Å². The summed E-state index contributed by atoms with van der Waals surface area (Å²) in [5.41, 5.74) is -2.52. The number of fused-ring (bicyclic) bond motifs is 3. The van der Waals surface area contributed by atoms with Crippen molar-refractivity contribution in [1.29, 1.82) is 0 Å². The van der Waals surface area contributed by atoms with E-state index < -0.39 is 175 Å². The summed E-state index contributed by atoms with van der Waals surface area (Å²) < 4.78 is 172. The van der Waals surface area contributed by atoms with Crippen LogP contribution in [-0.4, -0.2) is 0 Å². The van der Waals surface area contributed by atoms with Crippen LogP contribution in [0.5, 0.6) is 0 Å². The van der Waals surface area contributed by atoms with Crippen LogP contribution < -0.4 is 0 Å². The fraction of sp³-hybridized carbons (Fsp3) is 0. The number of benzene rings is 6. The molecule has 0 unspecified atom stereocenters. The van der Waals surface area contributed by atoms with Gasteiger partial charge in [0.2, 0.25) is 0 Å². The minimum Gasteiger partial charge on any atom is -0.0616 e. The monoisotopic (exact) mass is 400 g/mol. The first-order valence-electron chi connectivity index (χ1n) is 18.8. The Bertz CT molecular complexity index is 2470. The summed E-state index contributed by atoms with van der Waals surface area (Å²) in [6.07, 6.45) is 0. The second-order valence-electron chi connectivity index (χ2n) is 6.25. The Hall–Kier alpha value is -3.90. The summed E-state index contributed by atoms with van der Waals surface area (Å²) in [4.78, 5) is 0. The molecule has 0 bridgehead atoms. The van der Waals surface area contributed by atoms with Gasteiger partial charge in [0.15, 0.2) is 0 Å². The van der Waals surface area contributed by atoms with E-state index in [0.29, 0.717) is 0 Å². The molecule has 0 saturated heterocycles. The topological polar surface area (TPSA) is 0 Å². The Balaban J connectivity index is 1.93. The van der Waals surface area contributed by atoms with Gasteiger partial charge in [-0.05, 0) is 60.6 Å². The summed E-state index contributed by atoms with van der Waals surface area (Å²) in [5.74, 6) is 0. The Morgan fingerprint density at radius 1 is 0.400 bits per heavy atom. The van der Waals surface area contributed by atoms with E-state index in [1.54, 1.807) is 0 Å². The molecular formula is C30H20. The quantitative estimate of drug-likeness (QED) is 0.256. The minimum atomic E-state index is -0.934. The van der Waals surface area contributed by atoms with Crippen molar-refractivity contribution in [1.82, 2.24) is 0 Å². The molecule has 0 fully saturated rings. The molecule has 6 aromatic rings. The van der Waals surface area contributed by atoms with Gasteiger partial charge in [0.1, 0.15) is 0 Å². The summed E-state index contributed by atoms with van der Waals surface area (Å²) >= 11 is 0. The largest absolute Gasteiger partial charge is 0.0636 e. The molecule has 0 aliphatic rings. The molecule has 140 valence electrons. The molecule has 0 nitrogen and oxygen atoms in total. The molecule has 0 heterocycles. The van der Waals surface area contributed by atoms with Crippen molar-refractivity contribution in [2.75, 3.05) is 0 Å². The van der Waals surface area contributed by atoms with E-state index in [1.807, 2.05) is 0 Å². The lowest BCUT2D eigenvalue weighted by molar-refractivity contribution is 1.64. The SMILES string of the molecule is [2H]c1c([2H])c(-c2c3c([2H])c([2H])c([2H])c([2H])c3c([2H])c3c([2H])c([2H])c([2H])c([2H])c23)c([2H])c([2H])c1-c1c([2H])c([2H])c([2H])c2c([2H])c([2H])c([2H])c([2H])c12. The lowest BCUT2D eigenvalue weighted by Crippen LogP contribution is -1.86. The van der Waals surface area contributed by atoms with Crippen LogP contribution in [0.4, 0.5) is 0 Å². The van der Waals surface area contributed by atoms with Crippen LogP contribution in [0.15, 0.2) is 121 Å². The van der Waals surface area contributed by atoms with Gasteiger partial charge in [-0.3, -0.25) is 0 Å². The smallest absolute Gasteiger partial charge is 0.0616 e. The number of rotatable bonds is 2. The molecule has 0 radical (unpaired) electrons. The molecule has 0 saturated carbocycles. The highest BCUT2D eigenvalue weighted by Crippen LogP contribution is 2.37. The standard InChI is InChI=1S/C30H20/c1-4-12-26-21(8-1)11-7-15-27(26)22-16-18-23(19-17-22)30-28-13-5-2-9-24(28)20-25-10-3-6-14-29(25)30/h1-20H/i1D,2D,3D,4D,5D,6D,7D,8D,9D,10D,11D,12D,13D,14D,15D,16D,17D,18D,19D,20D. The first-order chi connectivity index (χ1) is 23.2. The van der Waals surface area contributed by atoms with Crippen LogP contribution in [-0.2, 0) is 0 Å².